The number of hydrogen-bond acceptors (Lipinski definition) is 4. The number of carbonyl (C=O) groups excluding carboxylic acids is 1. The fourth-order valence-electron chi connectivity index (χ4n) is 5.09. The minimum atomic E-state index is -0.544. The van der Waals surface area contributed by atoms with Gasteiger partial charge in [0.05, 0.1) is 23.5 Å². The molecule has 0 spiro atoms. The fourth-order valence-corrected chi connectivity index (χ4v) is 5.25. The summed E-state index contributed by atoms with van der Waals surface area (Å²) in [6.45, 7) is 3.14. The van der Waals surface area contributed by atoms with Crippen molar-refractivity contribution in [1.82, 2.24) is 14.5 Å². The van der Waals surface area contributed by atoms with E-state index in [0.29, 0.717) is 59.8 Å². The molecule has 208 valence electrons. The van der Waals surface area contributed by atoms with Crippen molar-refractivity contribution in [1.29, 1.82) is 0 Å². The molecule has 1 unspecified atom stereocenters. The molecule has 1 atom stereocenters. The van der Waals surface area contributed by atoms with E-state index in [1.165, 1.54) is 0 Å². The largest absolute Gasteiger partial charge is 0.330 e. The molecule has 1 amide bonds. The number of fused-ring (bicyclic) bond motifs is 1. The highest BCUT2D eigenvalue weighted by Gasteiger charge is 2.30. The van der Waals surface area contributed by atoms with Gasteiger partial charge in [-0.1, -0.05) is 90.0 Å². The summed E-state index contributed by atoms with van der Waals surface area (Å²) >= 11 is 6.35. The lowest BCUT2D eigenvalue weighted by Gasteiger charge is -2.33. The zero-order valence-electron chi connectivity index (χ0n) is 23.0. The molecule has 0 bridgehead atoms. The van der Waals surface area contributed by atoms with Gasteiger partial charge in [-0.25, -0.2) is 4.98 Å². The summed E-state index contributed by atoms with van der Waals surface area (Å²) in [5, 5.41) is 0.970. The van der Waals surface area contributed by atoms with Crippen LogP contribution in [0.4, 0.5) is 0 Å². The number of aryl methyl sites for hydroxylation is 1. The van der Waals surface area contributed by atoms with Crippen molar-refractivity contribution in [3.05, 3.63) is 147 Å². The summed E-state index contributed by atoms with van der Waals surface area (Å²) in [6.07, 6.45) is 1.07. The van der Waals surface area contributed by atoms with Gasteiger partial charge in [-0.3, -0.25) is 14.2 Å². The van der Waals surface area contributed by atoms with E-state index >= 15 is 0 Å². The lowest BCUT2D eigenvalue weighted by Crippen LogP contribution is -2.41. The minimum absolute atomic E-state index is 0.133. The van der Waals surface area contributed by atoms with E-state index in [9.17, 15) is 9.59 Å². The van der Waals surface area contributed by atoms with Crippen LogP contribution >= 0.6 is 11.6 Å². The highest BCUT2D eigenvalue weighted by atomic mass is 35.5. The molecule has 0 aliphatic carbocycles. The van der Waals surface area contributed by atoms with E-state index in [4.69, 9.17) is 22.3 Å². The van der Waals surface area contributed by atoms with Crippen LogP contribution in [0.5, 0.6) is 0 Å². The van der Waals surface area contributed by atoms with Gasteiger partial charge < -0.3 is 10.6 Å². The Labute approximate surface area is 245 Å². The number of benzene rings is 4. The van der Waals surface area contributed by atoms with Crippen LogP contribution in [0.2, 0.25) is 5.02 Å². The van der Waals surface area contributed by atoms with Crippen molar-refractivity contribution in [3.8, 4) is 0 Å². The third-order valence-corrected chi connectivity index (χ3v) is 7.47. The first kappa shape index (κ1) is 28.3. The number of halogens is 1. The number of aromatic nitrogens is 2. The maximum absolute atomic E-state index is 14.2. The predicted octanol–water partition coefficient (Wildman–Crippen LogP) is 6.18. The zero-order chi connectivity index (χ0) is 28.8. The Morgan fingerprint density at radius 3 is 2.24 bits per heavy atom. The summed E-state index contributed by atoms with van der Waals surface area (Å²) in [4.78, 5) is 35.2. The molecule has 5 aromatic rings. The van der Waals surface area contributed by atoms with E-state index in [1.807, 2.05) is 96.8 Å². The lowest BCUT2D eigenvalue weighted by molar-refractivity contribution is 0.0660. The summed E-state index contributed by atoms with van der Waals surface area (Å²) in [5.41, 5.74) is 9.91. The molecule has 1 aromatic heterocycles. The van der Waals surface area contributed by atoms with Gasteiger partial charge in [0.1, 0.15) is 5.82 Å². The smallest absolute Gasteiger partial charge is 0.261 e. The van der Waals surface area contributed by atoms with Crippen LogP contribution in [0.25, 0.3) is 10.9 Å². The number of nitrogens with zero attached hydrogens (tertiary/aromatic N) is 3. The Morgan fingerprint density at radius 2 is 1.59 bits per heavy atom. The molecule has 0 radical (unpaired) electrons. The Kier molecular flexibility index (Phi) is 8.92. The average molecular weight is 565 g/mol. The van der Waals surface area contributed by atoms with Crippen molar-refractivity contribution in [2.45, 2.75) is 32.4 Å². The van der Waals surface area contributed by atoms with Crippen LogP contribution in [0.3, 0.4) is 0 Å². The van der Waals surface area contributed by atoms with Crippen LogP contribution < -0.4 is 11.3 Å². The van der Waals surface area contributed by atoms with E-state index in [1.54, 1.807) is 22.8 Å². The van der Waals surface area contributed by atoms with Gasteiger partial charge in [0, 0.05) is 23.6 Å². The molecule has 7 heteroatoms. The number of nitrogens with two attached hydrogens (primary N) is 1. The SMILES string of the molecule is Cc1ccc(C(=O)N(CCCN)C(Cc2ccccc2)c2nc3cc(Cl)ccc3c(=O)n2Cc2ccccc2)cc1. The van der Waals surface area contributed by atoms with Gasteiger partial charge in [0.2, 0.25) is 0 Å². The second-order valence-corrected chi connectivity index (χ2v) is 10.7. The van der Waals surface area contributed by atoms with Crippen LogP contribution in [0.1, 0.15) is 45.3 Å². The van der Waals surface area contributed by atoms with Crippen molar-refractivity contribution >= 4 is 28.4 Å². The van der Waals surface area contributed by atoms with Crippen LogP contribution in [0, 0.1) is 6.92 Å². The maximum Gasteiger partial charge on any atom is 0.261 e. The topological polar surface area (TPSA) is 81.2 Å². The second kappa shape index (κ2) is 12.9. The minimum Gasteiger partial charge on any atom is -0.330 e. The Morgan fingerprint density at radius 1 is 0.927 bits per heavy atom. The fraction of sp³-hybridized carbons (Fsp3) is 0.206. The van der Waals surface area contributed by atoms with Crippen molar-refractivity contribution in [2.24, 2.45) is 5.73 Å². The standard InChI is InChI=1S/C34H33ClN4O2/c1-24-13-15-27(16-14-24)33(40)38(20-8-19-36)31(21-25-9-4-2-5-10-25)32-37-30-22-28(35)17-18-29(30)34(41)39(32)23-26-11-6-3-7-12-26/h2-7,9-18,22,31H,8,19-21,23,36H2,1H3. The first-order valence-corrected chi connectivity index (χ1v) is 14.2. The first-order chi connectivity index (χ1) is 19.9. The Hall–Kier alpha value is -4.26. The van der Waals surface area contributed by atoms with Crippen molar-refractivity contribution < 1.29 is 4.79 Å². The molecule has 0 fully saturated rings. The molecule has 2 N–H and O–H groups in total. The molecule has 0 saturated heterocycles. The first-order valence-electron chi connectivity index (χ1n) is 13.8. The lowest BCUT2D eigenvalue weighted by atomic mass is 10.0. The van der Waals surface area contributed by atoms with Crippen LogP contribution in [-0.4, -0.2) is 33.4 Å². The maximum atomic E-state index is 14.2. The van der Waals surface area contributed by atoms with Crippen molar-refractivity contribution in [2.75, 3.05) is 13.1 Å². The third-order valence-electron chi connectivity index (χ3n) is 7.24. The molecular weight excluding hydrogens is 532 g/mol. The molecule has 0 aliphatic rings. The quantitative estimate of drug-likeness (QED) is 0.219. The van der Waals surface area contributed by atoms with Gasteiger partial charge in [0.15, 0.2) is 0 Å². The van der Waals surface area contributed by atoms with Gasteiger partial charge in [-0.2, -0.15) is 0 Å². The summed E-state index contributed by atoms with van der Waals surface area (Å²) < 4.78 is 1.71. The van der Waals surface area contributed by atoms with Gasteiger partial charge in [-0.15, -0.1) is 0 Å². The predicted molar refractivity (Wildman–Crippen MR) is 165 cm³/mol. The number of carbonyl (C=O) groups is 1. The van der Waals surface area contributed by atoms with Crippen LogP contribution in [-0.2, 0) is 13.0 Å². The van der Waals surface area contributed by atoms with Gasteiger partial charge >= 0.3 is 0 Å². The summed E-state index contributed by atoms with van der Waals surface area (Å²) in [5.74, 6) is 0.376. The number of hydrogen-bond donors (Lipinski definition) is 1. The highest BCUT2D eigenvalue weighted by molar-refractivity contribution is 6.31. The van der Waals surface area contributed by atoms with Crippen LogP contribution in [0.15, 0.2) is 108 Å². The monoisotopic (exact) mass is 564 g/mol. The zero-order valence-corrected chi connectivity index (χ0v) is 23.8. The molecule has 6 nitrogen and oxygen atoms in total. The number of amides is 1. The molecule has 0 aliphatic heterocycles. The average Bonchev–Trinajstić information content (AvgIpc) is 2.99. The molecule has 0 saturated carbocycles. The normalized spacial score (nSPS) is 11.9. The van der Waals surface area contributed by atoms with Gasteiger partial charge in [0.25, 0.3) is 11.5 Å². The molecule has 5 rings (SSSR count). The molecule has 1 heterocycles. The summed E-state index contributed by atoms with van der Waals surface area (Å²) in [7, 11) is 0. The van der Waals surface area contributed by atoms with Crippen molar-refractivity contribution in [3.63, 3.8) is 0 Å². The molecule has 41 heavy (non-hydrogen) atoms. The third kappa shape index (κ3) is 6.56. The molecule has 4 aromatic carbocycles. The second-order valence-electron chi connectivity index (χ2n) is 10.2. The Balaban J connectivity index is 1.74. The number of rotatable bonds is 10. The van der Waals surface area contributed by atoms with E-state index < -0.39 is 6.04 Å². The summed E-state index contributed by atoms with van der Waals surface area (Å²) in [6, 6.07) is 31.9. The molecular formula is C34H33ClN4O2. The van der Waals surface area contributed by atoms with E-state index in [-0.39, 0.29) is 11.5 Å². The van der Waals surface area contributed by atoms with E-state index in [0.717, 1.165) is 16.7 Å². The van der Waals surface area contributed by atoms with Gasteiger partial charge in [-0.05, 0) is 61.3 Å². The highest BCUT2D eigenvalue weighted by Crippen LogP contribution is 2.28. The Bertz CT molecular complexity index is 1690. The van der Waals surface area contributed by atoms with E-state index in [2.05, 4.69) is 0 Å².